The highest BCUT2D eigenvalue weighted by Gasteiger charge is 2.35. The number of halogens is 3. The molecule has 0 unspecified atom stereocenters. The quantitative estimate of drug-likeness (QED) is 0.776. The molecule has 0 spiro atoms. The lowest BCUT2D eigenvalue weighted by Gasteiger charge is -2.18. The van der Waals surface area contributed by atoms with Crippen molar-refractivity contribution >= 4 is 5.82 Å². The molecule has 2 rings (SSSR count). The molecule has 2 nitrogen and oxygen atoms in total. The molecule has 1 saturated carbocycles. The number of anilines is 1. The van der Waals surface area contributed by atoms with E-state index in [9.17, 15) is 13.2 Å². The molecule has 1 aromatic rings. The Bertz CT molecular complexity index is 395. The van der Waals surface area contributed by atoms with Crippen LogP contribution in [0.25, 0.3) is 0 Å². The first-order valence-corrected chi connectivity index (χ1v) is 5.15. The molecule has 0 radical (unpaired) electrons. The average molecular weight is 230 g/mol. The minimum atomic E-state index is -4.37. The third-order valence-electron chi connectivity index (χ3n) is 2.64. The Morgan fingerprint density at radius 2 is 1.88 bits per heavy atom. The van der Waals surface area contributed by atoms with Crippen molar-refractivity contribution < 1.29 is 13.2 Å². The highest BCUT2D eigenvalue weighted by atomic mass is 19.4. The van der Waals surface area contributed by atoms with Crippen LogP contribution in [0.2, 0.25) is 0 Å². The van der Waals surface area contributed by atoms with E-state index in [4.69, 9.17) is 0 Å². The number of rotatable bonds is 2. The van der Waals surface area contributed by atoms with Crippen LogP contribution in [0.3, 0.4) is 0 Å². The van der Waals surface area contributed by atoms with Crippen LogP contribution < -0.4 is 4.90 Å². The fraction of sp³-hybridized carbons (Fsp3) is 0.545. The Balaban J connectivity index is 2.43. The highest BCUT2D eigenvalue weighted by molar-refractivity contribution is 5.50. The van der Waals surface area contributed by atoms with Crippen molar-refractivity contribution in [3.63, 3.8) is 0 Å². The molecule has 1 aromatic heterocycles. The first-order valence-electron chi connectivity index (χ1n) is 5.15. The maximum absolute atomic E-state index is 12.5. The van der Waals surface area contributed by atoms with Crippen molar-refractivity contribution in [2.24, 2.45) is 0 Å². The summed E-state index contributed by atoms with van der Waals surface area (Å²) in [5.74, 6) is 0.838. The Kier molecular flexibility index (Phi) is 2.56. The predicted molar refractivity (Wildman–Crippen MR) is 55.5 cm³/mol. The van der Waals surface area contributed by atoms with Crippen molar-refractivity contribution in [3.05, 3.63) is 23.4 Å². The second-order valence-corrected chi connectivity index (χ2v) is 4.28. The third kappa shape index (κ3) is 2.13. The Morgan fingerprint density at radius 3 is 2.31 bits per heavy atom. The molecule has 1 heterocycles. The molecule has 0 aromatic carbocycles. The van der Waals surface area contributed by atoms with Crippen LogP contribution in [-0.2, 0) is 6.18 Å². The van der Waals surface area contributed by atoms with E-state index < -0.39 is 11.9 Å². The Hall–Kier alpha value is -1.26. The van der Waals surface area contributed by atoms with Crippen molar-refractivity contribution in [1.29, 1.82) is 0 Å². The monoisotopic (exact) mass is 230 g/mol. The molecule has 0 N–H and O–H groups in total. The second-order valence-electron chi connectivity index (χ2n) is 4.28. The summed E-state index contributed by atoms with van der Waals surface area (Å²) < 4.78 is 37.5. The number of alkyl halides is 3. The summed E-state index contributed by atoms with van der Waals surface area (Å²) in [7, 11) is 3.43. The summed E-state index contributed by atoms with van der Waals surface area (Å²) in [6, 6.07) is 2.63. The molecule has 1 aliphatic carbocycles. The fourth-order valence-corrected chi connectivity index (χ4v) is 1.69. The zero-order valence-corrected chi connectivity index (χ0v) is 9.17. The molecule has 1 fully saturated rings. The van der Waals surface area contributed by atoms with Gasteiger partial charge in [0.1, 0.15) is 11.5 Å². The van der Waals surface area contributed by atoms with Gasteiger partial charge in [0.2, 0.25) is 0 Å². The van der Waals surface area contributed by atoms with Gasteiger partial charge in [-0.1, -0.05) is 6.07 Å². The van der Waals surface area contributed by atoms with Gasteiger partial charge < -0.3 is 4.90 Å². The summed E-state index contributed by atoms with van der Waals surface area (Å²) in [5, 5.41) is 0. The maximum atomic E-state index is 12.5. The molecular formula is C11H13F3N2. The van der Waals surface area contributed by atoms with Gasteiger partial charge in [0.25, 0.3) is 0 Å². The summed E-state index contributed by atoms with van der Waals surface area (Å²) in [5.41, 5.74) is 0.110. The number of nitrogens with zero attached hydrogens (tertiary/aromatic N) is 2. The molecule has 0 saturated heterocycles. The van der Waals surface area contributed by atoms with E-state index in [1.54, 1.807) is 25.1 Å². The SMILES string of the molecule is CN(C)c1nc(C(F)(F)F)ccc1C1CC1. The van der Waals surface area contributed by atoms with E-state index in [1.165, 1.54) is 0 Å². The normalized spacial score (nSPS) is 16.3. The van der Waals surface area contributed by atoms with Gasteiger partial charge in [-0.2, -0.15) is 13.2 Å². The zero-order valence-electron chi connectivity index (χ0n) is 9.17. The lowest BCUT2D eigenvalue weighted by molar-refractivity contribution is -0.141. The van der Waals surface area contributed by atoms with Gasteiger partial charge in [-0.25, -0.2) is 4.98 Å². The zero-order chi connectivity index (χ0) is 11.9. The molecule has 1 aliphatic rings. The Labute approximate surface area is 92.1 Å². The standard InChI is InChI=1S/C11H13F3N2/c1-16(2)10-8(7-3-4-7)5-6-9(15-10)11(12,13)14/h5-7H,3-4H2,1-2H3. The molecule has 0 aliphatic heterocycles. The minimum absolute atomic E-state index is 0.396. The molecule has 16 heavy (non-hydrogen) atoms. The first-order chi connectivity index (χ1) is 7.39. The largest absolute Gasteiger partial charge is 0.433 e. The van der Waals surface area contributed by atoms with Gasteiger partial charge in [-0.15, -0.1) is 0 Å². The Morgan fingerprint density at radius 1 is 1.25 bits per heavy atom. The van der Waals surface area contributed by atoms with E-state index in [2.05, 4.69) is 4.98 Å². The van der Waals surface area contributed by atoms with Crippen molar-refractivity contribution in [3.8, 4) is 0 Å². The van der Waals surface area contributed by atoms with Gasteiger partial charge in [-0.3, -0.25) is 0 Å². The lowest BCUT2D eigenvalue weighted by atomic mass is 10.1. The van der Waals surface area contributed by atoms with Crippen molar-refractivity contribution in [2.75, 3.05) is 19.0 Å². The van der Waals surface area contributed by atoms with Gasteiger partial charge >= 0.3 is 6.18 Å². The predicted octanol–water partition coefficient (Wildman–Crippen LogP) is 3.04. The fourth-order valence-electron chi connectivity index (χ4n) is 1.69. The first kappa shape index (κ1) is 11.2. The number of pyridine rings is 1. The van der Waals surface area contributed by atoms with Gasteiger partial charge in [0.05, 0.1) is 0 Å². The van der Waals surface area contributed by atoms with Gasteiger partial charge in [0.15, 0.2) is 0 Å². The van der Waals surface area contributed by atoms with Crippen LogP contribution in [0, 0.1) is 0 Å². The van der Waals surface area contributed by atoms with E-state index >= 15 is 0 Å². The molecule has 5 heteroatoms. The summed E-state index contributed by atoms with van der Waals surface area (Å²) >= 11 is 0. The van der Waals surface area contributed by atoms with Crippen LogP contribution >= 0.6 is 0 Å². The topological polar surface area (TPSA) is 16.1 Å². The smallest absolute Gasteiger partial charge is 0.362 e. The van der Waals surface area contributed by atoms with E-state index in [0.717, 1.165) is 24.5 Å². The summed E-state index contributed by atoms with van der Waals surface area (Å²) in [6.45, 7) is 0. The summed E-state index contributed by atoms with van der Waals surface area (Å²) in [6.07, 6.45) is -2.27. The van der Waals surface area contributed by atoms with Gasteiger partial charge in [0, 0.05) is 14.1 Å². The molecule has 0 amide bonds. The van der Waals surface area contributed by atoms with Crippen LogP contribution in [-0.4, -0.2) is 19.1 Å². The maximum Gasteiger partial charge on any atom is 0.433 e. The van der Waals surface area contributed by atoms with E-state index in [0.29, 0.717) is 11.7 Å². The average Bonchev–Trinajstić information content (AvgIpc) is 2.98. The van der Waals surface area contributed by atoms with Crippen molar-refractivity contribution in [2.45, 2.75) is 24.9 Å². The van der Waals surface area contributed by atoms with Gasteiger partial charge in [-0.05, 0) is 30.4 Å². The molecular weight excluding hydrogens is 217 g/mol. The summed E-state index contributed by atoms with van der Waals surface area (Å²) in [4.78, 5) is 5.35. The van der Waals surface area contributed by atoms with Crippen LogP contribution in [0.5, 0.6) is 0 Å². The van der Waals surface area contributed by atoms with Crippen LogP contribution in [0.4, 0.5) is 19.0 Å². The van der Waals surface area contributed by atoms with Crippen LogP contribution in [0.1, 0.15) is 30.0 Å². The molecule has 88 valence electrons. The molecule has 0 bridgehead atoms. The number of hydrogen-bond acceptors (Lipinski definition) is 2. The highest BCUT2D eigenvalue weighted by Crippen LogP contribution is 2.44. The van der Waals surface area contributed by atoms with E-state index in [-0.39, 0.29) is 0 Å². The minimum Gasteiger partial charge on any atom is -0.362 e. The lowest BCUT2D eigenvalue weighted by Crippen LogP contribution is -2.17. The second kappa shape index (κ2) is 3.64. The number of hydrogen-bond donors (Lipinski definition) is 0. The van der Waals surface area contributed by atoms with Crippen molar-refractivity contribution in [1.82, 2.24) is 4.98 Å². The molecule has 0 atom stereocenters. The number of aromatic nitrogens is 1. The van der Waals surface area contributed by atoms with E-state index in [1.807, 2.05) is 0 Å². The third-order valence-corrected chi connectivity index (χ3v) is 2.64. The van der Waals surface area contributed by atoms with Crippen LogP contribution in [0.15, 0.2) is 12.1 Å².